The van der Waals surface area contributed by atoms with E-state index >= 15 is 0 Å². The molecule has 0 spiro atoms. The third-order valence-electron chi connectivity index (χ3n) is 4.93. The molecule has 23 heavy (non-hydrogen) atoms. The molecule has 0 saturated heterocycles. The van der Waals surface area contributed by atoms with Gasteiger partial charge in [0, 0.05) is 35.8 Å². The van der Waals surface area contributed by atoms with Gasteiger partial charge in [-0.3, -0.25) is 0 Å². The maximum absolute atomic E-state index is 6.17. The van der Waals surface area contributed by atoms with Crippen LogP contribution in [-0.2, 0) is 5.54 Å². The van der Waals surface area contributed by atoms with Gasteiger partial charge in [0.15, 0.2) is 0 Å². The zero-order valence-corrected chi connectivity index (χ0v) is 13.9. The fourth-order valence-electron chi connectivity index (χ4n) is 3.56. The predicted octanol–water partition coefficient (Wildman–Crippen LogP) is 4.91. The molecule has 0 bridgehead atoms. The third kappa shape index (κ3) is 1.93. The van der Waals surface area contributed by atoms with Crippen LogP contribution in [0.3, 0.4) is 0 Å². The maximum atomic E-state index is 6.17. The van der Waals surface area contributed by atoms with E-state index in [1.54, 1.807) is 6.20 Å². The highest BCUT2D eigenvalue weighted by atomic mass is 16.3. The van der Waals surface area contributed by atoms with Gasteiger partial charge in [-0.1, -0.05) is 24.3 Å². The summed E-state index contributed by atoms with van der Waals surface area (Å²) < 4.78 is 6.17. The number of fused-ring (bicyclic) bond motifs is 3. The van der Waals surface area contributed by atoms with Crippen LogP contribution in [0.2, 0.25) is 0 Å². The Balaban J connectivity index is 2.07. The fraction of sp³-hybridized carbons (Fsp3) is 0.250. The number of likely N-dealkylation sites (N-methyl/N-ethyl adjacent to an activating group) is 1. The van der Waals surface area contributed by atoms with Gasteiger partial charge >= 0.3 is 0 Å². The minimum Gasteiger partial charge on any atom is -0.437 e. The molecule has 1 unspecified atom stereocenters. The molecule has 0 aliphatic carbocycles. The van der Waals surface area contributed by atoms with E-state index in [9.17, 15) is 0 Å². The summed E-state index contributed by atoms with van der Waals surface area (Å²) in [5, 5.41) is 2.20. The van der Waals surface area contributed by atoms with E-state index in [2.05, 4.69) is 74.3 Å². The largest absolute Gasteiger partial charge is 0.437 e. The van der Waals surface area contributed by atoms with Crippen LogP contribution in [0.1, 0.15) is 25.0 Å². The third-order valence-corrected chi connectivity index (χ3v) is 4.93. The number of nitrogens with zero attached hydrogens (tertiary/aromatic N) is 2. The fourth-order valence-corrected chi connectivity index (χ4v) is 3.56. The van der Waals surface area contributed by atoms with Crippen LogP contribution in [0, 0.1) is 6.92 Å². The normalized spacial score (nSPS) is 21.2. The van der Waals surface area contributed by atoms with E-state index in [1.165, 1.54) is 16.7 Å². The van der Waals surface area contributed by atoms with E-state index in [-0.39, 0.29) is 5.54 Å². The summed E-state index contributed by atoms with van der Waals surface area (Å²) in [6.07, 6.45) is 8.39. The number of benzene rings is 1. The molecular formula is C20H20N2O. The summed E-state index contributed by atoms with van der Waals surface area (Å²) in [6.45, 7) is 6.49. The predicted molar refractivity (Wildman–Crippen MR) is 94.3 cm³/mol. The van der Waals surface area contributed by atoms with Crippen LogP contribution < -0.4 is 0 Å². The monoisotopic (exact) mass is 304 g/mol. The first kappa shape index (κ1) is 14.1. The Labute approximate surface area is 135 Å². The van der Waals surface area contributed by atoms with Gasteiger partial charge in [-0.05, 0) is 44.0 Å². The summed E-state index contributed by atoms with van der Waals surface area (Å²) in [7, 11) is 2.12. The molecule has 0 N–H and O–H groups in total. The number of aryl methyl sites for hydroxylation is 1. The molecule has 2 aromatic heterocycles. The highest BCUT2D eigenvalue weighted by Gasteiger charge is 2.34. The summed E-state index contributed by atoms with van der Waals surface area (Å²) in [4.78, 5) is 6.63. The van der Waals surface area contributed by atoms with Crippen molar-refractivity contribution in [1.82, 2.24) is 9.88 Å². The van der Waals surface area contributed by atoms with Crippen molar-refractivity contribution in [3.8, 4) is 0 Å². The van der Waals surface area contributed by atoms with E-state index in [1.807, 2.05) is 6.07 Å². The van der Waals surface area contributed by atoms with Crippen molar-refractivity contribution < 1.29 is 4.42 Å². The number of hydrogen-bond donors (Lipinski definition) is 0. The molecular weight excluding hydrogens is 284 g/mol. The Morgan fingerprint density at radius 3 is 2.74 bits per heavy atom. The maximum Gasteiger partial charge on any atom is 0.227 e. The summed E-state index contributed by atoms with van der Waals surface area (Å²) in [5.74, 6) is 0. The number of rotatable bonds is 1. The van der Waals surface area contributed by atoms with Gasteiger partial charge in [-0.15, -0.1) is 0 Å². The first-order chi connectivity index (χ1) is 11.0. The second kappa shape index (κ2) is 4.72. The second-order valence-electron chi connectivity index (χ2n) is 6.56. The SMILES string of the molecule is CC1=CN(C)C(C)(c2c(C)ccc3c2oc2ncccc23)C=C1. The van der Waals surface area contributed by atoms with Crippen molar-refractivity contribution in [2.24, 2.45) is 0 Å². The molecule has 1 atom stereocenters. The lowest BCUT2D eigenvalue weighted by Gasteiger charge is -2.39. The summed E-state index contributed by atoms with van der Waals surface area (Å²) in [5.41, 5.74) is 5.08. The van der Waals surface area contributed by atoms with Gasteiger partial charge in [-0.25, -0.2) is 4.98 Å². The highest BCUT2D eigenvalue weighted by molar-refractivity contribution is 6.05. The van der Waals surface area contributed by atoms with Crippen LogP contribution in [0.4, 0.5) is 0 Å². The van der Waals surface area contributed by atoms with E-state index in [0.717, 1.165) is 16.4 Å². The van der Waals surface area contributed by atoms with Crippen LogP contribution >= 0.6 is 0 Å². The lowest BCUT2D eigenvalue weighted by molar-refractivity contribution is 0.258. The molecule has 0 saturated carbocycles. The number of allylic oxidation sites excluding steroid dienone is 2. The lowest BCUT2D eigenvalue weighted by atomic mass is 9.84. The zero-order chi connectivity index (χ0) is 16.2. The molecule has 3 nitrogen and oxygen atoms in total. The van der Waals surface area contributed by atoms with Gasteiger partial charge < -0.3 is 9.32 Å². The molecule has 1 aromatic carbocycles. The smallest absolute Gasteiger partial charge is 0.227 e. The van der Waals surface area contributed by atoms with E-state index in [4.69, 9.17) is 4.42 Å². The average molecular weight is 304 g/mol. The van der Waals surface area contributed by atoms with Crippen LogP contribution in [-0.4, -0.2) is 16.9 Å². The Kier molecular flexibility index (Phi) is 2.89. The molecule has 3 aromatic rings. The lowest BCUT2D eigenvalue weighted by Crippen LogP contribution is -2.38. The molecule has 0 fully saturated rings. The first-order valence-electron chi connectivity index (χ1n) is 7.88. The van der Waals surface area contributed by atoms with Gasteiger partial charge in [0.2, 0.25) is 5.71 Å². The number of pyridine rings is 1. The van der Waals surface area contributed by atoms with Crippen molar-refractivity contribution in [2.75, 3.05) is 7.05 Å². The summed E-state index contributed by atoms with van der Waals surface area (Å²) in [6, 6.07) is 8.34. The van der Waals surface area contributed by atoms with Gasteiger partial charge in [0.1, 0.15) is 5.58 Å². The molecule has 0 amide bonds. The van der Waals surface area contributed by atoms with Gasteiger partial charge in [0.05, 0.1) is 5.54 Å². The van der Waals surface area contributed by atoms with Crippen LogP contribution in [0.5, 0.6) is 0 Å². The summed E-state index contributed by atoms with van der Waals surface area (Å²) >= 11 is 0. The van der Waals surface area contributed by atoms with Crippen molar-refractivity contribution in [1.29, 1.82) is 0 Å². The quantitative estimate of drug-likeness (QED) is 0.639. The topological polar surface area (TPSA) is 29.3 Å². The number of furan rings is 1. The molecule has 4 rings (SSSR count). The molecule has 3 heteroatoms. The molecule has 0 radical (unpaired) electrons. The minimum absolute atomic E-state index is 0.239. The minimum atomic E-state index is -0.239. The standard InChI is InChI=1S/C20H20N2O/c1-13-9-10-20(3,22(4)12-13)17-14(2)7-8-15-16-6-5-11-21-19(16)23-18(15)17/h5-12H,1-4H3. The Morgan fingerprint density at radius 2 is 1.96 bits per heavy atom. The first-order valence-corrected chi connectivity index (χ1v) is 7.88. The Hall–Kier alpha value is -2.55. The highest BCUT2D eigenvalue weighted by Crippen LogP contribution is 2.41. The van der Waals surface area contributed by atoms with Crippen molar-refractivity contribution in [3.05, 3.63) is 65.5 Å². The Morgan fingerprint density at radius 1 is 1.13 bits per heavy atom. The van der Waals surface area contributed by atoms with Crippen molar-refractivity contribution in [2.45, 2.75) is 26.3 Å². The van der Waals surface area contributed by atoms with Gasteiger partial charge in [-0.2, -0.15) is 0 Å². The average Bonchev–Trinajstić information content (AvgIpc) is 2.89. The number of aromatic nitrogens is 1. The Bertz CT molecular complexity index is 980. The van der Waals surface area contributed by atoms with Crippen molar-refractivity contribution in [3.63, 3.8) is 0 Å². The zero-order valence-electron chi connectivity index (χ0n) is 13.9. The molecule has 1 aliphatic heterocycles. The van der Waals surface area contributed by atoms with Gasteiger partial charge in [0.25, 0.3) is 0 Å². The number of hydrogen-bond acceptors (Lipinski definition) is 3. The molecule has 3 heterocycles. The van der Waals surface area contributed by atoms with E-state index < -0.39 is 0 Å². The van der Waals surface area contributed by atoms with Crippen LogP contribution in [0.25, 0.3) is 22.1 Å². The van der Waals surface area contributed by atoms with Crippen LogP contribution in [0.15, 0.2) is 58.8 Å². The molecule has 116 valence electrons. The molecule has 1 aliphatic rings. The van der Waals surface area contributed by atoms with Crippen molar-refractivity contribution >= 4 is 22.1 Å². The second-order valence-corrected chi connectivity index (χ2v) is 6.56. The van der Waals surface area contributed by atoms with E-state index in [0.29, 0.717) is 5.71 Å².